The van der Waals surface area contributed by atoms with Gasteiger partial charge in [-0.1, -0.05) is 24.3 Å². The Balaban J connectivity index is 2.30. The second-order valence-corrected chi connectivity index (χ2v) is 4.15. The molecule has 0 atom stereocenters. The van der Waals surface area contributed by atoms with Crippen molar-refractivity contribution in [3.63, 3.8) is 0 Å². The fourth-order valence-corrected chi connectivity index (χ4v) is 2.01. The molecule has 0 aliphatic rings. The Bertz CT molecular complexity index is 821. The number of halogens is 1. The van der Waals surface area contributed by atoms with Gasteiger partial charge in [0.1, 0.15) is 22.7 Å². The molecule has 0 saturated carbocycles. The number of hydrogen-bond donors (Lipinski definition) is 1. The Labute approximate surface area is 107 Å². The van der Waals surface area contributed by atoms with Gasteiger partial charge in [0.05, 0.1) is 0 Å². The Morgan fingerprint density at radius 3 is 2.63 bits per heavy atom. The molecule has 94 valence electrons. The van der Waals surface area contributed by atoms with E-state index in [9.17, 15) is 14.3 Å². The third-order valence-corrected chi connectivity index (χ3v) is 2.88. The van der Waals surface area contributed by atoms with Gasteiger partial charge in [0.15, 0.2) is 0 Å². The van der Waals surface area contributed by atoms with Crippen LogP contribution in [0.15, 0.2) is 57.7 Å². The quantitative estimate of drug-likeness (QED) is 0.726. The lowest BCUT2D eigenvalue weighted by molar-refractivity contribution is 0.475. The Hall–Kier alpha value is -2.62. The van der Waals surface area contributed by atoms with Gasteiger partial charge < -0.3 is 9.52 Å². The lowest BCUT2D eigenvalue weighted by atomic mass is 10.1. The third-order valence-electron chi connectivity index (χ3n) is 2.88. The highest BCUT2D eigenvalue weighted by Crippen LogP contribution is 2.26. The summed E-state index contributed by atoms with van der Waals surface area (Å²) in [6.45, 7) is 0. The van der Waals surface area contributed by atoms with E-state index in [1.807, 2.05) is 0 Å². The van der Waals surface area contributed by atoms with Gasteiger partial charge in [0.2, 0.25) is 0 Å². The summed E-state index contributed by atoms with van der Waals surface area (Å²) in [5.74, 6) is -0.268. The molecule has 4 heteroatoms. The molecule has 1 aromatic heterocycles. The smallest absolute Gasteiger partial charge is 0.347 e. The molecule has 0 amide bonds. The first-order chi connectivity index (χ1) is 9.15. The Kier molecular flexibility index (Phi) is 2.56. The van der Waals surface area contributed by atoms with Crippen molar-refractivity contribution in [2.24, 2.45) is 0 Å². The summed E-state index contributed by atoms with van der Waals surface area (Å²) in [4.78, 5) is 11.9. The van der Waals surface area contributed by atoms with E-state index in [4.69, 9.17) is 4.42 Å². The Morgan fingerprint density at radius 1 is 1.05 bits per heavy atom. The van der Waals surface area contributed by atoms with Crippen LogP contribution in [0, 0.1) is 5.82 Å². The average Bonchev–Trinajstić information content (AvgIpc) is 2.38. The van der Waals surface area contributed by atoms with Crippen molar-refractivity contribution >= 4 is 10.8 Å². The minimum atomic E-state index is -0.644. The van der Waals surface area contributed by atoms with Crippen LogP contribution in [0.2, 0.25) is 0 Å². The van der Waals surface area contributed by atoms with Crippen LogP contribution in [0.1, 0.15) is 0 Å². The monoisotopic (exact) mass is 256 g/mol. The molecule has 3 aromatic rings. The zero-order chi connectivity index (χ0) is 13.4. The van der Waals surface area contributed by atoms with Crippen LogP contribution in [0.5, 0.6) is 5.75 Å². The minimum absolute atomic E-state index is 0.127. The zero-order valence-electron chi connectivity index (χ0n) is 9.76. The number of hydrogen-bond acceptors (Lipinski definition) is 3. The van der Waals surface area contributed by atoms with Crippen LogP contribution < -0.4 is 5.63 Å². The fraction of sp³-hybridized carbons (Fsp3) is 0. The topological polar surface area (TPSA) is 50.4 Å². The van der Waals surface area contributed by atoms with Gasteiger partial charge in [-0.25, -0.2) is 9.18 Å². The first-order valence-corrected chi connectivity index (χ1v) is 5.67. The molecule has 2 aromatic carbocycles. The lowest BCUT2D eigenvalue weighted by Crippen LogP contribution is -2.00. The summed E-state index contributed by atoms with van der Waals surface area (Å²) >= 11 is 0. The molecule has 1 N–H and O–H groups in total. The molecule has 19 heavy (non-hydrogen) atoms. The van der Waals surface area contributed by atoms with E-state index in [1.165, 1.54) is 24.3 Å². The van der Waals surface area contributed by atoms with Crippen LogP contribution in [0.3, 0.4) is 0 Å². The molecule has 3 rings (SSSR count). The molecular formula is C15H9FO3. The average molecular weight is 256 g/mol. The molecule has 0 radical (unpaired) electrons. The van der Waals surface area contributed by atoms with Gasteiger partial charge in [-0.05, 0) is 29.7 Å². The van der Waals surface area contributed by atoms with Crippen LogP contribution in [0.4, 0.5) is 4.39 Å². The van der Waals surface area contributed by atoms with Crippen molar-refractivity contribution in [1.29, 1.82) is 0 Å². The zero-order valence-corrected chi connectivity index (χ0v) is 9.76. The maximum atomic E-state index is 13.2. The molecule has 1 heterocycles. The summed E-state index contributed by atoms with van der Waals surface area (Å²) in [6.07, 6.45) is 0. The molecule has 0 spiro atoms. The van der Waals surface area contributed by atoms with E-state index in [-0.39, 0.29) is 16.9 Å². The minimum Gasteiger partial charge on any atom is -0.507 e. The highest BCUT2D eigenvalue weighted by molar-refractivity contribution is 5.88. The molecule has 0 aliphatic carbocycles. The summed E-state index contributed by atoms with van der Waals surface area (Å²) < 4.78 is 18.3. The van der Waals surface area contributed by atoms with Crippen LogP contribution in [-0.4, -0.2) is 5.11 Å². The highest BCUT2D eigenvalue weighted by Gasteiger charge is 2.10. The van der Waals surface area contributed by atoms with Crippen LogP contribution >= 0.6 is 0 Å². The molecule has 0 bridgehead atoms. The van der Waals surface area contributed by atoms with Gasteiger partial charge in [0, 0.05) is 5.56 Å². The number of fused-ring (bicyclic) bond motifs is 1. The number of rotatable bonds is 1. The molecular weight excluding hydrogens is 247 g/mol. The van der Waals surface area contributed by atoms with E-state index in [1.54, 1.807) is 24.3 Å². The van der Waals surface area contributed by atoms with Gasteiger partial charge in [-0.15, -0.1) is 0 Å². The molecule has 0 saturated heterocycles. The SMILES string of the molecule is O=c1oc(-c2cccc(F)c2)cc2cccc(O)c12. The number of benzene rings is 2. The third kappa shape index (κ3) is 1.97. The van der Waals surface area contributed by atoms with Crippen LogP contribution in [-0.2, 0) is 0 Å². The van der Waals surface area contributed by atoms with E-state index in [0.29, 0.717) is 10.9 Å². The van der Waals surface area contributed by atoms with Gasteiger partial charge in [-0.3, -0.25) is 0 Å². The van der Waals surface area contributed by atoms with Crippen molar-refractivity contribution in [3.8, 4) is 17.1 Å². The highest BCUT2D eigenvalue weighted by atomic mass is 19.1. The van der Waals surface area contributed by atoms with E-state index < -0.39 is 11.4 Å². The van der Waals surface area contributed by atoms with E-state index in [0.717, 1.165) is 0 Å². The van der Waals surface area contributed by atoms with Crippen molar-refractivity contribution < 1.29 is 13.9 Å². The Morgan fingerprint density at radius 2 is 1.84 bits per heavy atom. The fourth-order valence-electron chi connectivity index (χ4n) is 2.01. The van der Waals surface area contributed by atoms with Gasteiger partial charge >= 0.3 is 5.63 Å². The maximum absolute atomic E-state index is 13.2. The second kappa shape index (κ2) is 4.24. The van der Waals surface area contributed by atoms with Crippen molar-refractivity contribution in [2.75, 3.05) is 0 Å². The molecule has 3 nitrogen and oxygen atoms in total. The van der Waals surface area contributed by atoms with Gasteiger partial charge in [-0.2, -0.15) is 0 Å². The van der Waals surface area contributed by atoms with Crippen molar-refractivity contribution in [3.05, 3.63) is 64.8 Å². The summed E-state index contributed by atoms with van der Waals surface area (Å²) in [6, 6.07) is 12.1. The molecule has 0 unspecified atom stereocenters. The maximum Gasteiger partial charge on any atom is 0.347 e. The summed E-state index contributed by atoms with van der Waals surface area (Å²) in [5, 5.41) is 10.3. The second-order valence-electron chi connectivity index (χ2n) is 4.15. The summed E-state index contributed by atoms with van der Waals surface area (Å²) in [5.41, 5.74) is -0.169. The predicted molar refractivity (Wildman–Crippen MR) is 69.5 cm³/mol. The first kappa shape index (κ1) is 11.5. The summed E-state index contributed by atoms with van der Waals surface area (Å²) in [7, 11) is 0. The number of phenols is 1. The first-order valence-electron chi connectivity index (χ1n) is 5.67. The predicted octanol–water partition coefficient (Wildman–Crippen LogP) is 3.30. The van der Waals surface area contributed by atoms with Crippen molar-refractivity contribution in [1.82, 2.24) is 0 Å². The van der Waals surface area contributed by atoms with Crippen molar-refractivity contribution in [2.45, 2.75) is 0 Å². The number of aromatic hydroxyl groups is 1. The molecule has 0 fully saturated rings. The largest absolute Gasteiger partial charge is 0.507 e. The molecule has 0 aliphatic heterocycles. The normalized spacial score (nSPS) is 10.8. The standard InChI is InChI=1S/C15H9FO3/c16-11-5-1-3-9(7-11)13-8-10-4-2-6-12(17)14(10)15(18)19-13/h1-8,17H. The van der Waals surface area contributed by atoms with Crippen LogP contribution in [0.25, 0.3) is 22.1 Å². The number of phenolic OH excluding ortho intramolecular Hbond substituents is 1. The van der Waals surface area contributed by atoms with E-state index >= 15 is 0 Å². The lowest BCUT2D eigenvalue weighted by Gasteiger charge is -2.03. The van der Waals surface area contributed by atoms with Gasteiger partial charge in [0.25, 0.3) is 0 Å². The van der Waals surface area contributed by atoms with E-state index in [2.05, 4.69) is 0 Å².